The molecule has 1 spiro atoms. The van der Waals surface area contributed by atoms with E-state index in [1.54, 1.807) is 0 Å². The van der Waals surface area contributed by atoms with Gasteiger partial charge in [-0.2, -0.15) is 0 Å². The Kier molecular flexibility index (Phi) is 3.58. The molecule has 18 heavy (non-hydrogen) atoms. The maximum atomic E-state index is 12.3. The van der Waals surface area contributed by atoms with Gasteiger partial charge in [-0.25, -0.2) is 4.79 Å². The van der Waals surface area contributed by atoms with Gasteiger partial charge in [0, 0.05) is 19.1 Å². The Morgan fingerprint density at radius 3 is 2.50 bits per heavy atom. The number of amides is 1. The molecular formula is C14H26N2O2. The van der Waals surface area contributed by atoms with Crippen LogP contribution in [0.15, 0.2) is 0 Å². The summed E-state index contributed by atoms with van der Waals surface area (Å²) >= 11 is 0. The minimum absolute atomic E-state index is 0.158. The van der Waals surface area contributed by atoms with Gasteiger partial charge in [0.05, 0.1) is 0 Å². The highest BCUT2D eigenvalue weighted by molar-refractivity contribution is 5.69. The Labute approximate surface area is 110 Å². The number of nitrogens with two attached hydrogens (primary N) is 1. The van der Waals surface area contributed by atoms with Gasteiger partial charge in [-0.05, 0) is 51.9 Å². The Balaban J connectivity index is 2.04. The van der Waals surface area contributed by atoms with Crippen LogP contribution < -0.4 is 5.73 Å². The number of nitrogens with zero attached hydrogens (tertiary/aromatic N) is 1. The van der Waals surface area contributed by atoms with E-state index in [4.69, 9.17) is 10.5 Å². The second kappa shape index (κ2) is 4.72. The van der Waals surface area contributed by atoms with Crippen LogP contribution in [-0.2, 0) is 4.74 Å². The van der Waals surface area contributed by atoms with E-state index in [2.05, 4.69) is 0 Å². The number of ether oxygens (including phenoxy) is 1. The van der Waals surface area contributed by atoms with E-state index in [0.717, 1.165) is 13.0 Å². The predicted molar refractivity (Wildman–Crippen MR) is 71.3 cm³/mol. The van der Waals surface area contributed by atoms with Crippen LogP contribution in [-0.4, -0.2) is 35.7 Å². The molecule has 1 aliphatic heterocycles. The van der Waals surface area contributed by atoms with E-state index in [9.17, 15) is 4.79 Å². The number of hydrogen-bond acceptors (Lipinski definition) is 3. The first-order valence-electron chi connectivity index (χ1n) is 7.05. The first-order valence-corrected chi connectivity index (χ1v) is 7.05. The van der Waals surface area contributed by atoms with Crippen molar-refractivity contribution in [3.05, 3.63) is 0 Å². The van der Waals surface area contributed by atoms with Gasteiger partial charge < -0.3 is 15.4 Å². The molecule has 0 aromatic carbocycles. The molecular weight excluding hydrogens is 228 g/mol. The maximum absolute atomic E-state index is 12.3. The van der Waals surface area contributed by atoms with Crippen molar-refractivity contribution in [1.82, 2.24) is 4.90 Å². The first-order chi connectivity index (χ1) is 8.35. The third-order valence-electron chi connectivity index (χ3n) is 4.27. The molecule has 2 N–H and O–H groups in total. The molecule has 1 atom stereocenters. The molecule has 1 heterocycles. The molecule has 0 unspecified atom stereocenters. The van der Waals surface area contributed by atoms with Crippen molar-refractivity contribution in [3.8, 4) is 0 Å². The van der Waals surface area contributed by atoms with Crippen molar-refractivity contribution in [2.45, 2.75) is 64.5 Å². The number of piperidine rings is 1. The normalized spacial score (nSPS) is 26.9. The monoisotopic (exact) mass is 254 g/mol. The fourth-order valence-electron chi connectivity index (χ4n) is 3.06. The molecule has 1 saturated heterocycles. The molecule has 2 fully saturated rings. The standard InChI is InChI=1S/C14H26N2O2/c1-13(2,3)18-12(17)16-10-14(6-4-7-14)8-5-11(16)9-15/h11H,4-10,15H2,1-3H3/t11-/m0/s1. The Morgan fingerprint density at radius 1 is 1.39 bits per heavy atom. The highest BCUT2D eigenvalue weighted by atomic mass is 16.6. The fraction of sp³-hybridized carbons (Fsp3) is 0.929. The Hall–Kier alpha value is -0.770. The topological polar surface area (TPSA) is 55.6 Å². The molecule has 0 aromatic rings. The van der Waals surface area contributed by atoms with Gasteiger partial charge in [0.25, 0.3) is 0 Å². The van der Waals surface area contributed by atoms with E-state index in [-0.39, 0.29) is 12.1 Å². The second-order valence-electron chi connectivity index (χ2n) is 6.89. The van der Waals surface area contributed by atoms with E-state index in [0.29, 0.717) is 12.0 Å². The van der Waals surface area contributed by atoms with Crippen molar-refractivity contribution < 1.29 is 9.53 Å². The van der Waals surface area contributed by atoms with Crippen LogP contribution in [0.3, 0.4) is 0 Å². The highest BCUT2D eigenvalue weighted by Crippen LogP contribution is 2.48. The van der Waals surface area contributed by atoms with Crippen LogP contribution in [0.1, 0.15) is 52.9 Å². The maximum Gasteiger partial charge on any atom is 0.410 e. The van der Waals surface area contributed by atoms with Crippen molar-refractivity contribution in [2.75, 3.05) is 13.1 Å². The Bertz CT molecular complexity index is 318. The molecule has 4 heteroatoms. The zero-order valence-corrected chi connectivity index (χ0v) is 11.9. The summed E-state index contributed by atoms with van der Waals surface area (Å²) in [4.78, 5) is 14.1. The summed E-state index contributed by atoms with van der Waals surface area (Å²) in [6.45, 7) is 7.10. The quantitative estimate of drug-likeness (QED) is 0.782. The molecule has 0 aromatic heterocycles. The summed E-state index contributed by atoms with van der Waals surface area (Å²) in [5.41, 5.74) is 5.74. The lowest BCUT2D eigenvalue weighted by Gasteiger charge is -2.51. The smallest absolute Gasteiger partial charge is 0.410 e. The number of hydrogen-bond donors (Lipinski definition) is 1. The lowest BCUT2D eigenvalue weighted by atomic mass is 9.63. The predicted octanol–water partition coefficient (Wildman–Crippen LogP) is 2.51. The van der Waals surface area contributed by atoms with Crippen LogP contribution in [0.5, 0.6) is 0 Å². The van der Waals surface area contributed by atoms with Gasteiger partial charge >= 0.3 is 6.09 Å². The van der Waals surface area contributed by atoms with Gasteiger partial charge in [-0.3, -0.25) is 0 Å². The lowest BCUT2D eigenvalue weighted by molar-refractivity contribution is -0.0337. The fourth-order valence-corrected chi connectivity index (χ4v) is 3.06. The summed E-state index contributed by atoms with van der Waals surface area (Å²) < 4.78 is 5.50. The second-order valence-corrected chi connectivity index (χ2v) is 6.89. The van der Waals surface area contributed by atoms with E-state index in [1.165, 1.54) is 25.7 Å². The third-order valence-corrected chi connectivity index (χ3v) is 4.27. The SMILES string of the molecule is CC(C)(C)OC(=O)N1CC2(CCC2)CC[C@H]1CN. The van der Waals surface area contributed by atoms with Gasteiger partial charge in [0.2, 0.25) is 0 Å². The van der Waals surface area contributed by atoms with Crippen molar-refractivity contribution in [1.29, 1.82) is 0 Å². The number of carbonyl (C=O) groups excluding carboxylic acids is 1. The summed E-state index contributed by atoms with van der Waals surface area (Å²) in [6.07, 6.45) is 5.86. The molecule has 1 aliphatic carbocycles. The molecule has 1 saturated carbocycles. The number of rotatable bonds is 1. The molecule has 4 nitrogen and oxygen atoms in total. The number of likely N-dealkylation sites (tertiary alicyclic amines) is 1. The minimum atomic E-state index is -0.430. The number of carbonyl (C=O) groups is 1. The van der Waals surface area contributed by atoms with Gasteiger partial charge in [-0.1, -0.05) is 6.42 Å². The van der Waals surface area contributed by atoms with Gasteiger partial charge in [-0.15, -0.1) is 0 Å². The van der Waals surface area contributed by atoms with Crippen LogP contribution in [0, 0.1) is 5.41 Å². The van der Waals surface area contributed by atoms with E-state index < -0.39 is 5.60 Å². The van der Waals surface area contributed by atoms with Gasteiger partial charge in [0.1, 0.15) is 5.60 Å². The first kappa shape index (κ1) is 13.7. The summed E-state index contributed by atoms with van der Waals surface area (Å²) in [6, 6.07) is 0.158. The molecule has 2 aliphatic rings. The zero-order chi connectivity index (χ0) is 13.4. The lowest BCUT2D eigenvalue weighted by Crippen LogP contribution is -2.56. The highest BCUT2D eigenvalue weighted by Gasteiger charge is 2.45. The van der Waals surface area contributed by atoms with Crippen LogP contribution in [0.25, 0.3) is 0 Å². The van der Waals surface area contributed by atoms with Crippen molar-refractivity contribution in [3.63, 3.8) is 0 Å². The average Bonchev–Trinajstić information content (AvgIpc) is 2.23. The minimum Gasteiger partial charge on any atom is -0.444 e. The summed E-state index contributed by atoms with van der Waals surface area (Å²) in [5, 5.41) is 0. The molecule has 104 valence electrons. The molecule has 0 radical (unpaired) electrons. The zero-order valence-electron chi connectivity index (χ0n) is 11.9. The molecule has 2 rings (SSSR count). The van der Waals surface area contributed by atoms with E-state index >= 15 is 0 Å². The average molecular weight is 254 g/mol. The largest absolute Gasteiger partial charge is 0.444 e. The van der Waals surface area contributed by atoms with Crippen LogP contribution in [0.2, 0.25) is 0 Å². The Morgan fingerprint density at radius 2 is 2.06 bits per heavy atom. The summed E-state index contributed by atoms with van der Waals surface area (Å²) in [7, 11) is 0. The molecule has 0 bridgehead atoms. The summed E-state index contributed by atoms with van der Waals surface area (Å²) in [5.74, 6) is 0. The van der Waals surface area contributed by atoms with E-state index in [1.807, 2.05) is 25.7 Å². The third kappa shape index (κ3) is 2.79. The van der Waals surface area contributed by atoms with Crippen LogP contribution in [0.4, 0.5) is 4.79 Å². The van der Waals surface area contributed by atoms with Crippen molar-refractivity contribution in [2.24, 2.45) is 11.1 Å². The van der Waals surface area contributed by atoms with Gasteiger partial charge in [0.15, 0.2) is 0 Å². The molecule has 1 amide bonds. The van der Waals surface area contributed by atoms with Crippen molar-refractivity contribution >= 4 is 6.09 Å². The van der Waals surface area contributed by atoms with Crippen LogP contribution >= 0.6 is 0 Å².